The average Bonchev–Trinajstić information content (AvgIpc) is 2.66. The minimum absolute atomic E-state index is 0.00142. The van der Waals surface area contributed by atoms with Gasteiger partial charge in [-0.2, -0.15) is 8.42 Å². The van der Waals surface area contributed by atoms with E-state index in [4.69, 9.17) is 4.18 Å². The molecule has 0 unspecified atom stereocenters. The second-order valence-electron chi connectivity index (χ2n) is 5.44. The van der Waals surface area contributed by atoms with Crippen LogP contribution in [-0.4, -0.2) is 19.6 Å². The number of phenols is 1. The molecule has 8 heteroatoms. The van der Waals surface area contributed by atoms with Crippen molar-refractivity contribution in [2.75, 3.05) is 10.6 Å². The zero-order chi connectivity index (χ0) is 19.3. The molecule has 7 nitrogen and oxygen atoms in total. The van der Waals surface area contributed by atoms with Crippen LogP contribution in [0, 0.1) is 0 Å². The van der Waals surface area contributed by atoms with Crippen LogP contribution in [0.5, 0.6) is 11.5 Å². The first-order chi connectivity index (χ1) is 13.0. The molecule has 0 aromatic heterocycles. The van der Waals surface area contributed by atoms with Gasteiger partial charge in [-0.05, 0) is 36.4 Å². The molecule has 0 saturated carbocycles. The minimum atomic E-state index is -4.05. The summed E-state index contributed by atoms with van der Waals surface area (Å²) >= 11 is 0. The molecule has 0 radical (unpaired) electrons. The number of hydrogen-bond donors (Lipinski definition) is 3. The molecule has 3 aromatic carbocycles. The third-order valence-corrected chi connectivity index (χ3v) is 4.77. The van der Waals surface area contributed by atoms with E-state index < -0.39 is 16.1 Å². The fraction of sp³-hybridized carbons (Fsp3) is 0. The van der Waals surface area contributed by atoms with Gasteiger partial charge in [0.15, 0.2) is 5.75 Å². The van der Waals surface area contributed by atoms with Crippen LogP contribution < -0.4 is 14.8 Å². The highest BCUT2D eigenvalue weighted by Gasteiger charge is 2.19. The molecule has 27 heavy (non-hydrogen) atoms. The topological polar surface area (TPSA) is 105 Å². The lowest BCUT2D eigenvalue weighted by atomic mass is 10.3. The van der Waals surface area contributed by atoms with Crippen LogP contribution in [0.4, 0.5) is 16.2 Å². The zero-order valence-electron chi connectivity index (χ0n) is 14.0. The van der Waals surface area contributed by atoms with Crippen molar-refractivity contribution in [3.8, 4) is 11.5 Å². The molecule has 138 valence electrons. The first kappa shape index (κ1) is 18.3. The number of rotatable bonds is 5. The molecule has 0 spiro atoms. The third kappa shape index (κ3) is 4.56. The Bertz CT molecular complexity index is 1050. The SMILES string of the molecule is O=C(Nc1ccccc1O)Nc1ccccc1OS(=O)(=O)c1ccccc1. The molecule has 3 rings (SSSR count). The summed E-state index contributed by atoms with van der Waals surface area (Å²) in [6.45, 7) is 0. The molecule has 0 saturated heterocycles. The van der Waals surface area contributed by atoms with Crippen molar-refractivity contribution in [2.45, 2.75) is 4.90 Å². The molecule has 2 amide bonds. The zero-order valence-corrected chi connectivity index (χ0v) is 14.8. The van der Waals surface area contributed by atoms with E-state index in [9.17, 15) is 18.3 Å². The Morgan fingerprint density at radius 3 is 2.04 bits per heavy atom. The molecule has 3 aromatic rings. The lowest BCUT2D eigenvalue weighted by Crippen LogP contribution is -2.20. The maximum atomic E-state index is 12.4. The van der Waals surface area contributed by atoms with Gasteiger partial charge in [-0.1, -0.05) is 42.5 Å². The van der Waals surface area contributed by atoms with Crippen LogP contribution in [0.25, 0.3) is 0 Å². The number of urea groups is 1. The van der Waals surface area contributed by atoms with E-state index in [0.717, 1.165) is 0 Å². The molecule has 0 atom stereocenters. The van der Waals surface area contributed by atoms with Crippen LogP contribution in [-0.2, 0) is 10.1 Å². The van der Waals surface area contributed by atoms with E-state index in [1.165, 1.54) is 36.4 Å². The fourth-order valence-corrected chi connectivity index (χ4v) is 3.22. The summed E-state index contributed by atoms with van der Waals surface area (Å²) in [4.78, 5) is 12.2. The maximum absolute atomic E-state index is 12.4. The highest BCUT2D eigenvalue weighted by atomic mass is 32.2. The van der Waals surface area contributed by atoms with Gasteiger partial charge in [0.2, 0.25) is 0 Å². The molecule has 0 heterocycles. The van der Waals surface area contributed by atoms with Crippen molar-refractivity contribution < 1.29 is 22.5 Å². The lowest BCUT2D eigenvalue weighted by molar-refractivity contribution is 0.262. The van der Waals surface area contributed by atoms with E-state index in [1.54, 1.807) is 42.5 Å². The normalized spacial score (nSPS) is 10.8. The Labute approximate surface area is 156 Å². The van der Waals surface area contributed by atoms with Crippen LogP contribution in [0.2, 0.25) is 0 Å². The molecule has 3 N–H and O–H groups in total. The van der Waals surface area contributed by atoms with Crippen LogP contribution in [0.15, 0.2) is 83.8 Å². The molecule has 0 aliphatic heterocycles. The Morgan fingerprint density at radius 1 is 0.778 bits per heavy atom. The molecular weight excluding hydrogens is 368 g/mol. The van der Waals surface area contributed by atoms with Gasteiger partial charge in [0.05, 0.1) is 11.4 Å². The van der Waals surface area contributed by atoms with Crippen molar-refractivity contribution in [3.63, 3.8) is 0 Å². The van der Waals surface area contributed by atoms with Gasteiger partial charge in [-0.25, -0.2) is 4.79 Å². The first-order valence-electron chi connectivity index (χ1n) is 7.90. The van der Waals surface area contributed by atoms with Crippen molar-refractivity contribution in [1.82, 2.24) is 0 Å². The number of anilines is 2. The maximum Gasteiger partial charge on any atom is 0.339 e. The molecule has 0 aliphatic carbocycles. The minimum Gasteiger partial charge on any atom is -0.506 e. The van der Waals surface area contributed by atoms with Gasteiger partial charge in [0.25, 0.3) is 0 Å². The number of nitrogens with one attached hydrogen (secondary N) is 2. The van der Waals surface area contributed by atoms with Gasteiger partial charge < -0.3 is 19.9 Å². The summed E-state index contributed by atoms with van der Waals surface area (Å²) < 4.78 is 30.0. The van der Waals surface area contributed by atoms with E-state index in [0.29, 0.717) is 0 Å². The molecule has 0 aliphatic rings. The average molecular weight is 384 g/mol. The van der Waals surface area contributed by atoms with Crippen LogP contribution in [0.3, 0.4) is 0 Å². The summed E-state index contributed by atoms with van der Waals surface area (Å²) in [7, 11) is -4.05. The number of hydrogen-bond acceptors (Lipinski definition) is 5. The van der Waals surface area contributed by atoms with E-state index in [1.807, 2.05) is 0 Å². The molecule has 0 fully saturated rings. The predicted molar refractivity (Wildman–Crippen MR) is 101 cm³/mol. The Balaban J connectivity index is 1.78. The second kappa shape index (κ2) is 7.79. The van der Waals surface area contributed by atoms with Crippen LogP contribution >= 0.6 is 0 Å². The smallest absolute Gasteiger partial charge is 0.339 e. The van der Waals surface area contributed by atoms with E-state index >= 15 is 0 Å². The number of carbonyl (C=O) groups excluding carboxylic acids is 1. The Morgan fingerprint density at radius 2 is 1.33 bits per heavy atom. The highest BCUT2D eigenvalue weighted by Crippen LogP contribution is 2.28. The van der Waals surface area contributed by atoms with Crippen molar-refractivity contribution in [1.29, 1.82) is 0 Å². The van der Waals surface area contributed by atoms with Crippen LogP contribution in [0.1, 0.15) is 0 Å². The third-order valence-electron chi connectivity index (χ3n) is 3.52. The first-order valence-corrected chi connectivity index (χ1v) is 9.31. The van der Waals surface area contributed by atoms with Gasteiger partial charge in [0.1, 0.15) is 10.6 Å². The second-order valence-corrected chi connectivity index (χ2v) is 6.99. The summed E-state index contributed by atoms with van der Waals surface area (Å²) in [5.74, 6) is -0.127. The van der Waals surface area contributed by atoms with Crippen molar-refractivity contribution in [2.24, 2.45) is 0 Å². The largest absolute Gasteiger partial charge is 0.506 e. The number of aromatic hydroxyl groups is 1. The summed E-state index contributed by atoms with van der Waals surface area (Å²) in [6, 6.07) is 19.4. The summed E-state index contributed by atoms with van der Waals surface area (Å²) in [5, 5.41) is 14.7. The number of phenolic OH excluding ortho intramolecular Hbond substituents is 1. The number of amides is 2. The fourth-order valence-electron chi connectivity index (χ4n) is 2.25. The summed E-state index contributed by atoms with van der Waals surface area (Å²) in [6.07, 6.45) is 0. The van der Waals surface area contributed by atoms with Gasteiger partial charge in [-0.15, -0.1) is 0 Å². The monoisotopic (exact) mass is 384 g/mol. The van der Waals surface area contributed by atoms with Gasteiger partial charge in [0, 0.05) is 0 Å². The lowest BCUT2D eigenvalue weighted by Gasteiger charge is -2.13. The quantitative estimate of drug-likeness (QED) is 0.458. The number of para-hydroxylation sites is 4. The molecular formula is C19H16N2O5S. The standard InChI is InChI=1S/C19H16N2O5S/c22-17-12-6-4-10-15(17)20-19(23)21-16-11-5-7-13-18(16)26-27(24,25)14-8-2-1-3-9-14/h1-13,22H,(H2,20,21,23). The van der Waals surface area contributed by atoms with Gasteiger partial charge in [-0.3, -0.25) is 0 Å². The van der Waals surface area contributed by atoms with Crippen molar-refractivity contribution in [3.05, 3.63) is 78.9 Å². The summed E-state index contributed by atoms with van der Waals surface area (Å²) in [5.41, 5.74) is 0.371. The van der Waals surface area contributed by atoms with E-state index in [-0.39, 0.29) is 27.8 Å². The number of benzene rings is 3. The number of carbonyl (C=O) groups is 1. The van der Waals surface area contributed by atoms with Gasteiger partial charge >= 0.3 is 16.1 Å². The highest BCUT2D eigenvalue weighted by molar-refractivity contribution is 7.87. The van der Waals surface area contributed by atoms with Crippen molar-refractivity contribution >= 4 is 27.5 Å². The van der Waals surface area contributed by atoms with E-state index in [2.05, 4.69) is 10.6 Å². The predicted octanol–water partition coefficient (Wildman–Crippen LogP) is 3.80. The Kier molecular flexibility index (Phi) is 5.28. The Hall–Kier alpha value is -3.52. The molecule has 0 bridgehead atoms.